The summed E-state index contributed by atoms with van der Waals surface area (Å²) >= 11 is 0. The number of hydrogen-bond donors (Lipinski definition) is 0. The highest BCUT2D eigenvalue weighted by Crippen LogP contribution is 2.34. The molecule has 1 fully saturated rings. The number of pyridine rings is 1. The molecule has 6 nitrogen and oxygen atoms in total. The fraction of sp³-hybridized carbons (Fsp3) is 0.500. The van der Waals surface area contributed by atoms with Gasteiger partial charge in [-0.15, -0.1) is 5.10 Å². The average molecular weight is 405 g/mol. The van der Waals surface area contributed by atoms with Gasteiger partial charge >= 0.3 is 0 Å². The van der Waals surface area contributed by atoms with Crippen molar-refractivity contribution in [3.05, 3.63) is 71.8 Å². The molecule has 30 heavy (non-hydrogen) atoms. The zero-order valence-corrected chi connectivity index (χ0v) is 18.3. The normalized spacial score (nSPS) is 17.2. The zero-order valence-electron chi connectivity index (χ0n) is 18.3. The van der Waals surface area contributed by atoms with E-state index in [1.807, 2.05) is 17.1 Å². The molecule has 3 aromatic rings. The van der Waals surface area contributed by atoms with Crippen LogP contribution in [0.3, 0.4) is 0 Å². The maximum atomic E-state index is 4.51. The van der Waals surface area contributed by atoms with E-state index in [0.717, 1.165) is 37.7 Å². The third kappa shape index (κ3) is 4.43. The molecule has 1 saturated heterocycles. The van der Waals surface area contributed by atoms with Gasteiger partial charge in [0.1, 0.15) is 0 Å². The third-order valence-electron chi connectivity index (χ3n) is 6.58. The molecule has 1 aliphatic heterocycles. The van der Waals surface area contributed by atoms with Gasteiger partial charge in [0.05, 0.1) is 11.6 Å². The Morgan fingerprint density at radius 2 is 1.73 bits per heavy atom. The minimum absolute atomic E-state index is 0.0477. The lowest BCUT2D eigenvalue weighted by Crippen LogP contribution is -2.40. The number of piperidine rings is 1. The van der Waals surface area contributed by atoms with Gasteiger partial charge in [-0.05, 0) is 92.2 Å². The molecule has 0 radical (unpaired) electrons. The van der Waals surface area contributed by atoms with Crippen molar-refractivity contribution in [1.29, 1.82) is 0 Å². The lowest BCUT2D eigenvalue weighted by atomic mass is 9.89. The van der Waals surface area contributed by atoms with Crippen LogP contribution in [0.4, 0.5) is 0 Å². The summed E-state index contributed by atoms with van der Waals surface area (Å²) in [6.07, 6.45) is 8.24. The largest absolute Gasteiger partial charge is 0.290 e. The first-order valence-electron chi connectivity index (χ1n) is 11.0. The summed E-state index contributed by atoms with van der Waals surface area (Å²) in [6, 6.07) is 15.1. The van der Waals surface area contributed by atoms with Crippen molar-refractivity contribution in [3.63, 3.8) is 0 Å². The summed E-state index contributed by atoms with van der Waals surface area (Å²) in [5.41, 5.74) is 2.51. The van der Waals surface area contributed by atoms with E-state index < -0.39 is 0 Å². The molecular formula is C24H32N6. The van der Waals surface area contributed by atoms with Crippen molar-refractivity contribution >= 4 is 0 Å². The SMILES string of the molecule is CCC(C)(C)n1nnnc1[C@@H](c1ccncc1)N1CCC(Cc2ccccc2)CC1. The van der Waals surface area contributed by atoms with Crippen LogP contribution in [0.25, 0.3) is 0 Å². The molecule has 0 amide bonds. The Hall–Kier alpha value is -2.60. The van der Waals surface area contributed by atoms with Gasteiger partial charge in [0.2, 0.25) is 0 Å². The smallest absolute Gasteiger partial charge is 0.173 e. The Bertz CT molecular complexity index is 913. The van der Waals surface area contributed by atoms with E-state index in [4.69, 9.17) is 0 Å². The van der Waals surface area contributed by atoms with Crippen molar-refractivity contribution in [2.75, 3.05) is 13.1 Å². The first-order chi connectivity index (χ1) is 14.6. The number of rotatable bonds is 7. The van der Waals surface area contributed by atoms with Crippen LogP contribution in [-0.2, 0) is 12.0 Å². The zero-order chi connectivity index (χ0) is 21.0. The maximum absolute atomic E-state index is 4.51. The number of aromatic nitrogens is 5. The van der Waals surface area contributed by atoms with Crippen LogP contribution < -0.4 is 0 Å². The van der Waals surface area contributed by atoms with Gasteiger partial charge in [-0.25, -0.2) is 4.68 Å². The molecule has 3 heterocycles. The summed E-state index contributed by atoms with van der Waals surface area (Å²) in [4.78, 5) is 6.77. The number of benzene rings is 1. The number of hydrogen-bond acceptors (Lipinski definition) is 5. The van der Waals surface area contributed by atoms with Crippen LogP contribution in [0.1, 0.15) is 63.0 Å². The van der Waals surface area contributed by atoms with Gasteiger partial charge in [0.25, 0.3) is 0 Å². The van der Waals surface area contributed by atoms with E-state index in [9.17, 15) is 0 Å². The number of tetrazole rings is 1. The van der Waals surface area contributed by atoms with Crippen molar-refractivity contribution < 1.29 is 0 Å². The highest BCUT2D eigenvalue weighted by atomic mass is 15.6. The van der Waals surface area contributed by atoms with E-state index in [2.05, 4.69) is 88.6 Å². The monoisotopic (exact) mass is 404 g/mol. The standard InChI is InChI=1S/C24H32N6/c1-4-24(2,3)30-23(26-27-28-30)22(21-10-14-25-15-11-21)29-16-12-20(13-17-29)18-19-8-6-5-7-9-19/h5-11,14-15,20,22H,4,12-13,16-18H2,1-3H3/t22-/m1/s1. The topological polar surface area (TPSA) is 59.7 Å². The molecule has 1 aromatic carbocycles. The summed E-state index contributed by atoms with van der Waals surface area (Å²) < 4.78 is 2.02. The van der Waals surface area contributed by atoms with E-state index in [1.54, 1.807) is 0 Å². The molecule has 1 aliphatic rings. The summed E-state index contributed by atoms with van der Waals surface area (Å²) in [5, 5.41) is 13.0. The Kier molecular flexibility index (Phi) is 6.23. The third-order valence-corrected chi connectivity index (χ3v) is 6.58. The fourth-order valence-corrected chi connectivity index (χ4v) is 4.38. The molecule has 0 aliphatic carbocycles. The fourth-order valence-electron chi connectivity index (χ4n) is 4.38. The highest BCUT2D eigenvalue weighted by molar-refractivity contribution is 5.23. The molecule has 0 spiro atoms. The first kappa shape index (κ1) is 20.7. The first-order valence-corrected chi connectivity index (χ1v) is 11.0. The lowest BCUT2D eigenvalue weighted by molar-refractivity contribution is 0.137. The van der Waals surface area contributed by atoms with Crippen molar-refractivity contribution in [2.45, 2.75) is 58.0 Å². The van der Waals surface area contributed by atoms with Crippen molar-refractivity contribution in [2.24, 2.45) is 5.92 Å². The number of likely N-dealkylation sites (tertiary alicyclic amines) is 1. The Morgan fingerprint density at radius 3 is 2.40 bits per heavy atom. The van der Waals surface area contributed by atoms with Gasteiger partial charge in [0, 0.05) is 12.4 Å². The van der Waals surface area contributed by atoms with E-state index >= 15 is 0 Å². The molecule has 2 aromatic heterocycles. The van der Waals surface area contributed by atoms with Crippen LogP contribution in [0.5, 0.6) is 0 Å². The molecule has 0 unspecified atom stereocenters. The van der Waals surface area contributed by atoms with Crippen LogP contribution in [0, 0.1) is 5.92 Å². The van der Waals surface area contributed by atoms with Gasteiger partial charge in [-0.1, -0.05) is 37.3 Å². The molecular weight excluding hydrogens is 372 g/mol. The van der Waals surface area contributed by atoms with E-state index in [1.165, 1.54) is 24.0 Å². The molecule has 0 bridgehead atoms. The van der Waals surface area contributed by atoms with Gasteiger partial charge in [0.15, 0.2) is 5.82 Å². The minimum atomic E-state index is -0.129. The Balaban J connectivity index is 1.56. The van der Waals surface area contributed by atoms with Crippen LogP contribution in [0.2, 0.25) is 0 Å². The predicted octanol–water partition coefficient (Wildman–Crippen LogP) is 4.26. The molecule has 4 rings (SSSR count). The molecule has 0 N–H and O–H groups in total. The van der Waals surface area contributed by atoms with Crippen molar-refractivity contribution in [1.82, 2.24) is 30.1 Å². The lowest BCUT2D eigenvalue weighted by Gasteiger charge is -2.38. The average Bonchev–Trinajstić information content (AvgIpc) is 3.27. The predicted molar refractivity (Wildman–Crippen MR) is 118 cm³/mol. The van der Waals surface area contributed by atoms with E-state index in [-0.39, 0.29) is 11.6 Å². The minimum Gasteiger partial charge on any atom is -0.290 e. The number of nitrogens with zero attached hydrogens (tertiary/aromatic N) is 6. The van der Waals surface area contributed by atoms with Gasteiger partial charge in [-0.2, -0.15) is 0 Å². The van der Waals surface area contributed by atoms with Crippen LogP contribution in [0.15, 0.2) is 54.9 Å². The molecule has 158 valence electrons. The second-order valence-electron chi connectivity index (χ2n) is 8.97. The Labute approximate surface area is 179 Å². The van der Waals surface area contributed by atoms with Gasteiger partial charge < -0.3 is 0 Å². The second kappa shape index (κ2) is 9.04. The second-order valence-corrected chi connectivity index (χ2v) is 8.97. The maximum Gasteiger partial charge on any atom is 0.173 e. The van der Waals surface area contributed by atoms with Crippen LogP contribution >= 0.6 is 0 Å². The molecule has 6 heteroatoms. The van der Waals surface area contributed by atoms with E-state index in [0.29, 0.717) is 0 Å². The Morgan fingerprint density at radius 1 is 1.03 bits per heavy atom. The summed E-state index contributed by atoms with van der Waals surface area (Å²) in [7, 11) is 0. The van der Waals surface area contributed by atoms with Crippen molar-refractivity contribution in [3.8, 4) is 0 Å². The summed E-state index contributed by atoms with van der Waals surface area (Å²) in [6.45, 7) is 8.67. The quantitative estimate of drug-likeness (QED) is 0.589. The summed E-state index contributed by atoms with van der Waals surface area (Å²) in [5.74, 6) is 1.65. The molecule has 0 saturated carbocycles. The molecule has 1 atom stereocenters. The van der Waals surface area contributed by atoms with Crippen LogP contribution in [-0.4, -0.2) is 43.2 Å². The highest BCUT2D eigenvalue weighted by Gasteiger charge is 2.34. The van der Waals surface area contributed by atoms with Gasteiger partial charge in [-0.3, -0.25) is 9.88 Å².